The van der Waals surface area contributed by atoms with Gasteiger partial charge in [0.2, 0.25) is 0 Å². The third-order valence-corrected chi connectivity index (χ3v) is 2.13. The fourth-order valence-corrected chi connectivity index (χ4v) is 1.35. The molecule has 0 spiro atoms. The van der Waals surface area contributed by atoms with Gasteiger partial charge in [0.05, 0.1) is 16.6 Å². The highest BCUT2D eigenvalue weighted by atomic mass is 16.6. The molecule has 2 N–H and O–H groups in total. The highest BCUT2D eigenvalue weighted by Crippen LogP contribution is 2.20. The Hall–Kier alpha value is -1.95. The Morgan fingerprint density at radius 1 is 1.60 bits per heavy atom. The minimum Gasteiger partial charge on any atom is -0.310 e. The van der Waals surface area contributed by atoms with Gasteiger partial charge in [-0.3, -0.25) is 14.8 Å². The largest absolute Gasteiger partial charge is 0.310 e. The Bertz CT molecular complexity index is 518. The van der Waals surface area contributed by atoms with Crippen LogP contribution in [0.2, 0.25) is 0 Å². The number of rotatable bonds is 2. The van der Waals surface area contributed by atoms with Crippen molar-refractivity contribution in [2.45, 2.75) is 13.1 Å². The Morgan fingerprint density at radius 3 is 2.93 bits per heavy atom. The van der Waals surface area contributed by atoms with Gasteiger partial charge >= 0.3 is 0 Å². The summed E-state index contributed by atoms with van der Waals surface area (Å²) < 4.78 is 1.58. The zero-order chi connectivity index (χ0) is 11.0. The van der Waals surface area contributed by atoms with Crippen LogP contribution in [-0.2, 0) is 0 Å². The van der Waals surface area contributed by atoms with Crippen molar-refractivity contribution >= 4 is 16.6 Å². The number of nitrogens with zero attached hydrogens (tertiary/aromatic N) is 3. The quantitative estimate of drug-likeness (QED) is 0.594. The lowest BCUT2D eigenvalue weighted by Gasteiger charge is -2.02. The summed E-state index contributed by atoms with van der Waals surface area (Å²) in [5.74, 6) is 0. The Labute approximate surface area is 85.4 Å². The van der Waals surface area contributed by atoms with E-state index in [-0.39, 0.29) is 11.9 Å². The predicted octanol–water partition coefficient (Wildman–Crippen LogP) is 1.42. The highest BCUT2D eigenvalue weighted by Gasteiger charge is 2.09. The lowest BCUT2D eigenvalue weighted by Crippen LogP contribution is -2.14. The van der Waals surface area contributed by atoms with E-state index in [1.165, 1.54) is 12.1 Å². The third-order valence-electron chi connectivity index (χ3n) is 2.13. The molecule has 2 rings (SSSR count). The van der Waals surface area contributed by atoms with Crippen LogP contribution < -0.4 is 5.73 Å². The van der Waals surface area contributed by atoms with Crippen molar-refractivity contribution in [3.8, 4) is 0 Å². The fraction of sp³-hybridized carbons (Fsp3) is 0.222. The molecule has 6 heteroatoms. The maximum Gasteiger partial charge on any atom is 0.270 e. The average Bonchev–Trinajstić information content (AvgIpc) is 2.59. The van der Waals surface area contributed by atoms with Crippen LogP contribution in [0.4, 0.5) is 5.69 Å². The van der Waals surface area contributed by atoms with Gasteiger partial charge in [0.25, 0.3) is 5.69 Å². The number of non-ortho nitro benzene ring substituents is 1. The number of aromatic nitrogens is 2. The molecule has 1 unspecified atom stereocenters. The van der Waals surface area contributed by atoms with Crippen LogP contribution in [0.3, 0.4) is 0 Å². The van der Waals surface area contributed by atoms with Gasteiger partial charge in [0, 0.05) is 23.7 Å². The van der Waals surface area contributed by atoms with Crippen molar-refractivity contribution in [1.29, 1.82) is 0 Å². The number of nitro groups is 1. The molecule has 0 aliphatic rings. The second-order valence-electron chi connectivity index (χ2n) is 3.35. The van der Waals surface area contributed by atoms with Crippen LogP contribution in [0.25, 0.3) is 10.9 Å². The van der Waals surface area contributed by atoms with E-state index in [4.69, 9.17) is 5.73 Å². The zero-order valence-corrected chi connectivity index (χ0v) is 8.12. The number of hydrogen-bond acceptors (Lipinski definition) is 4. The number of benzene rings is 1. The lowest BCUT2D eigenvalue weighted by molar-refractivity contribution is -0.384. The topological polar surface area (TPSA) is 87.0 Å². The van der Waals surface area contributed by atoms with Crippen molar-refractivity contribution in [2.24, 2.45) is 5.73 Å². The number of nitro benzene ring substituents is 1. The molecular weight excluding hydrogens is 196 g/mol. The molecule has 15 heavy (non-hydrogen) atoms. The maximum atomic E-state index is 10.5. The summed E-state index contributed by atoms with van der Waals surface area (Å²) >= 11 is 0. The molecule has 0 aliphatic heterocycles. The lowest BCUT2D eigenvalue weighted by atomic mass is 10.2. The van der Waals surface area contributed by atoms with Gasteiger partial charge in [0.1, 0.15) is 0 Å². The van der Waals surface area contributed by atoms with Crippen molar-refractivity contribution in [3.63, 3.8) is 0 Å². The molecule has 0 bridgehead atoms. The van der Waals surface area contributed by atoms with Gasteiger partial charge in [-0.2, -0.15) is 5.10 Å². The van der Waals surface area contributed by atoms with E-state index in [0.717, 1.165) is 5.39 Å². The van der Waals surface area contributed by atoms with Crippen LogP contribution in [0.1, 0.15) is 13.1 Å². The van der Waals surface area contributed by atoms with E-state index < -0.39 is 4.92 Å². The molecule has 78 valence electrons. The monoisotopic (exact) mass is 206 g/mol. The molecule has 0 fully saturated rings. The second kappa shape index (κ2) is 3.32. The molecule has 0 saturated carbocycles. The van der Waals surface area contributed by atoms with E-state index in [0.29, 0.717) is 5.52 Å². The highest BCUT2D eigenvalue weighted by molar-refractivity contribution is 5.80. The molecule has 0 radical (unpaired) electrons. The first-order chi connectivity index (χ1) is 7.08. The van der Waals surface area contributed by atoms with Crippen molar-refractivity contribution in [3.05, 3.63) is 34.5 Å². The first-order valence-electron chi connectivity index (χ1n) is 4.47. The standard InChI is InChI=1S/C9H10N4O2/c1-6(10)12-5-7-4-8(13(14)15)2-3-9(7)11-12/h2-6H,10H2,1H3. The zero-order valence-electron chi connectivity index (χ0n) is 8.12. The summed E-state index contributed by atoms with van der Waals surface area (Å²) in [6, 6.07) is 4.54. The van der Waals surface area contributed by atoms with Gasteiger partial charge in [0.15, 0.2) is 0 Å². The molecular formula is C9H10N4O2. The van der Waals surface area contributed by atoms with Crippen LogP contribution in [0.15, 0.2) is 24.4 Å². The molecule has 1 atom stereocenters. The van der Waals surface area contributed by atoms with Crippen molar-refractivity contribution < 1.29 is 4.92 Å². The van der Waals surface area contributed by atoms with E-state index in [2.05, 4.69) is 5.10 Å². The van der Waals surface area contributed by atoms with Crippen LogP contribution in [-0.4, -0.2) is 14.7 Å². The average molecular weight is 206 g/mol. The Kier molecular flexibility index (Phi) is 2.12. The first kappa shape index (κ1) is 9.60. The van der Waals surface area contributed by atoms with Crippen LogP contribution in [0.5, 0.6) is 0 Å². The number of fused-ring (bicyclic) bond motifs is 1. The third kappa shape index (κ3) is 1.66. The predicted molar refractivity (Wildman–Crippen MR) is 55.3 cm³/mol. The molecule has 0 saturated heterocycles. The molecule has 0 aliphatic carbocycles. The minimum absolute atomic E-state index is 0.0618. The van der Waals surface area contributed by atoms with Crippen molar-refractivity contribution in [2.75, 3.05) is 0 Å². The summed E-state index contributed by atoms with van der Waals surface area (Å²) in [7, 11) is 0. The van der Waals surface area contributed by atoms with Gasteiger partial charge in [-0.25, -0.2) is 0 Å². The Balaban J connectivity index is 2.57. The van der Waals surface area contributed by atoms with E-state index in [9.17, 15) is 10.1 Å². The number of nitrogens with two attached hydrogens (primary N) is 1. The molecule has 1 heterocycles. The normalized spacial score (nSPS) is 12.9. The molecule has 6 nitrogen and oxygen atoms in total. The number of hydrogen-bond donors (Lipinski definition) is 1. The summed E-state index contributed by atoms with van der Waals surface area (Å²) in [5.41, 5.74) is 6.41. The van der Waals surface area contributed by atoms with Gasteiger partial charge in [-0.05, 0) is 13.0 Å². The van der Waals surface area contributed by atoms with Gasteiger partial charge < -0.3 is 5.73 Å². The summed E-state index contributed by atoms with van der Waals surface area (Å²) in [4.78, 5) is 10.1. The first-order valence-corrected chi connectivity index (χ1v) is 4.47. The van der Waals surface area contributed by atoms with E-state index in [1.54, 1.807) is 23.9 Å². The smallest absolute Gasteiger partial charge is 0.270 e. The summed E-state index contributed by atoms with van der Waals surface area (Å²) in [6.45, 7) is 1.79. The van der Waals surface area contributed by atoms with Crippen LogP contribution in [0, 0.1) is 10.1 Å². The SMILES string of the molecule is CC(N)n1cc2cc([N+](=O)[O-])ccc2n1. The minimum atomic E-state index is -0.428. The van der Waals surface area contributed by atoms with E-state index >= 15 is 0 Å². The summed E-state index contributed by atoms with van der Waals surface area (Å²) in [5, 5.41) is 15.4. The fourth-order valence-electron chi connectivity index (χ4n) is 1.35. The van der Waals surface area contributed by atoms with Crippen LogP contribution >= 0.6 is 0 Å². The molecule has 2 aromatic rings. The second-order valence-corrected chi connectivity index (χ2v) is 3.35. The summed E-state index contributed by atoms with van der Waals surface area (Å²) in [6.07, 6.45) is 1.46. The molecule has 1 aromatic heterocycles. The van der Waals surface area contributed by atoms with Crippen molar-refractivity contribution in [1.82, 2.24) is 9.78 Å². The van der Waals surface area contributed by atoms with E-state index in [1.807, 2.05) is 0 Å². The Morgan fingerprint density at radius 2 is 2.33 bits per heavy atom. The molecule has 0 amide bonds. The molecule has 1 aromatic carbocycles. The van der Waals surface area contributed by atoms with Gasteiger partial charge in [-0.15, -0.1) is 0 Å². The maximum absolute atomic E-state index is 10.5. The van der Waals surface area contributed by atoms with Gasteiger partial charge in [-0.1, -0.05) is 0 Å².